The van der Waals surface area contributed by atoms with E-state index in [1.807, 2.05) is 18.2 Å². The highest BCUT2D eigenvalue weighted by atomic mass is 16.5. The standard InChI is InChI=1S/C21H25NO2/c22-19-14-13-17(12-6-9-16-7-2-1-3-8-16)20(15-19)24-21(23)18-10-4-5-11-18/h1-3,7-8,13-15,18H,4-6,9-12,22H2. The Kier molecular flexibility index (Phi) is 5.52. The highest BCUT2D eigenvalue weighted by molar-refractivity contribution is 5.76. The summed E-state index contributed by atoms with van der Waals surface area (Å²) in [4.78, 5) is 12.3. The zero-order valence-corrected chi connectivity index (χ0v) is 14.0. The van der Waals surface area contributed by atoms with Gasteiger partial charge in [0.05, 0.1) is 5.92 Å². The van der Waals surface area contributed by atoms with Crippen LogP contribution < -0.4 is 10.5 Å². The molecule has 0 aromatic heterocycles. The van der Waals surface area contributed by atoms with Crippen LogP contribution in [0.5, 0.6) is 5.75 Å². The number of anilines is 1. The summed E-state index contributed by atoms with van der Waals surface area (Å²) in [5.41, 5.74) is 8.91. The molecular formula is C21H25NO2. The van der Waals surface area contributed by atoms with E-state index in [1.54, 1.807) is 6.07 Å². The van der Waals surface area contributed by atoms with Gasteiger partial charge in [-0.2, -0.15) is 0 Å². The molecule has 0 radical (unpaired) electrons. The first-order valence-corrected chi connectivity index (χ1v) is 8.86. The maximum Gasteiger partial charge on any atom is 0.314 e. The van der Waals surface area contributed by atoms with Crippen molar-refractivity contribution >= 4 is 11.7 Å². The summed E-state index contributed by atoms with van der Waals surface area (Å²) in [7, 11) is 0. The van der Waals surface area contributed by atoms with Crippen molar-refractivity contribution in [1.29, 1.82) is 0 Å². The highest BCUT2D eigenvalue weighted by Crippen LogP contribution is 2.29. The van der Waals surface area contributed by atoms with Gasteiger partial charge in [0.2, 0.25) is 0 Å². The fourth-order valence-electron chi connectivity index (χ4n) is 3.35. The smallest absolute Gasteiger partial charge is 0.314 e. The summed E-state index contributed by atoms with van der Waals surface area (Å²) in [5, 5.41) is 0. The van der Waals surface area contributed by atoms with Gasteiger partial charge < -0.3 is 10.5 Å². The number of nitrogens with two attached hydrogens (primary N) is 1. The van der Waals surface area contributed by atoms with Gasteiger partial charge in [-0.15, -0.1) is 0 Å². The van der Waals surface area contributed by atoms with Gasteiger partial charge in [0, 0.05) is 11.8 Å². The van der Waals surface area contributed by atoms with Crippen molar-refractivity contribution in [3.8, 4) is 5.75 Å². The maximum atomic E-state index is 12.3. The average molecular weight is 323 g/mol. The molecule has 0 amide bonds. The molecular weight excluding hydrogens is 298 g/mol. The molecule has 0 bridgehead atoms. The Morgan fingerprint density at radius 1 is 1.04 bits per heavy atom. The number of aryl methyl sites for hydroxylation is 2. The molecule has 2 aromatic rings. The number of ether oxygens (including phenoxy) is 1. The first-order valence-electron chi connectivity index (χ1n) is 8.86. The molecule has 1 aliphatic rings. The predicted molar refractivity (Wildman–Crippen MR) is 96.9 cm³/mol. The first kappa shape index (κ1) is 16.6. The quantitative estimate of drug-likeness (QED) is 0.482. The molecule has 24 heavy (non-hydrogen) atoms. The van der Waals surface area contributed by atoms with Crippen molar-refractivity contribution in [2.24, 2.45) is 5.92 Å². The van der Waals surface area contributed by atoms with E-state index in [0.717, 1.165) is 50.5 Å². The molecule has 0 aliphatic heterocycles. The number of esters is 1. The lowest BCUT2D eigenvalue weighted by molar-refractivity contribution is -0.138. The van der Waals surface area contributed by atoms with Crippen LogP contribution in [0.15, 0.2) is 48.5 Å². The molecule has 0 saturated heterocycles. The monoisotopic (exact) mass is 323 g/mol. The van der Waals surface area contributed by atoms with E-state index in [1.165, 1.54) is 5.56 Å². The van der Waals surface area contributed by atoms with Gasteiger partial charge in [0.15, 0.2) is 0 Å². The summed E-state index contributed by atoms with van der Waals surface area (Å²) >= 11 is 0. The second-order valence-corrected chi connectivity index (χ2v) is 6.61. The molecule has 126 valence electrons. The van der Waals surface area contributed by atoms with E-state index in [2.05, 4.69) is 24.3 Å². The Morgan fingerprint density at radius 2 is 1.79 bits per heavy atom. The molecule has 0 unspecified atom stereocenters. The Balaban J connectivity index is 1.63. The lowest BCUT2D eigenvalue weighted by Crippen LogP contribution is -2.18. The fraction of sp³-hybridized carbons (Fsp3) is 0.381. The average Bonchev–Trinajstić information content (AvgIpc) is 3.12. The van der Waals surface area contributed by atoms with Gasteiger partial charge in [-0.25, -0.2) is 0 Å². The van der Waals surface area contributed by atoms with E-state index in [9.17, 15) is 4.79 Å². The van der Waals surface area contributed by atoms with Gasteiger partial charge in [-0.05, 0) is 49.3 Å². The minimum atomic E-state index is -0.0950. The zero-order chi connectivity index (χ0) is 16.8. The van der Waals surface area contributed by atoms with Crippen LogP contribution in [-0.4, -0.2) is 5.97 Å². The normalized spacial score (nSPS) is 14.7. The largest absolute Gasteiger partial charge is 0.426 e. The number of nitrogen functional groups attached to an aromatic ring is 1. The number of benzene rings is 2. The Morgan fingerprint density at radius 3 is 2.54 bits per heavy atom. The summed E-state index contributed by atoms with van der Waals surface area (Å²) < 4.78 is 5.69. The van der Waals surface area contributed by atoms with Crippen molar-refractivity contribution in [1.82, 2.24) is 0 Å². The van der Waals surface area contributed by atoms with Crippen molar-refractivity contribution in [2.75, 3.05) is 5.73 Å². The molecule has 0 heterocycles. The lowest BCUT2D eigenvalue weighted by Gasteiger charge is -2.14. The third-order valence-corrected chi connectivity index (χ3v) is 4.74. The van der Waals surface area contributed by atoms with E-state index in [4.69, 9.17) is 10.5 Å². The number of carbonyl (C=O) groups is 1. The number of carbonyl (C=O) groups excluding carboxylic acids is 1. The van der Waals surface area contributed by atoms with E-state index in [0.29, 0.717) is 11.4 Å². The van der Waals surface area contributed by atoms with Crippen LogP contribution in [0.25, 0.3) is 0 Å². The summed E-state index contributed by atoms with van der Waals surface area (Å²) in [6, 6.07) is 16.1. The first-order chi connectivity index (χ1) is 11.7. The molecule has 0 atom stereocenters. The van der Waals surface area contributed by atoms with Crippen LogP contribution in [-0.2, 0) is 17.6 Å². The number of hydrogen-bond acceptors (Lipinski definition) is 3. The van der Waals surface area contributed by atoms with Crippen molar-refractivity contribution < 1.29 is 9.53 Å². The van der Waals surface area contributed by atoms with E-state index in [-0.39, 0.29) is 11.9 Å². The van der Waals surface area contributed by atoms with Crippen LogP contribution in [0.3, 0.4) is 0 Å². The molecule has 3 heteroatoms. The van der Waals surface area contributed by atoms with Crippen molar-refractivity contribution in [2.45, 2.75) is 44.9 Å². The Hall–Kier alpha value is -2.29. The second-order valence-electron chi connectivity index (χ2n) is 6.61. The van der Waals surface area contributed by atoms with E-state index < -0.39 is 0 Å². The van der Waals surface area contributed by atoms with E-state index >= 15 is 0 Å². The molecule has 1 aliphatic carbocycles. The predicted octanol–water partition coefficient (Wildman–Crippen LogP) is 4.54. The third-order valence-electron chi connectivity index (χ3n) is 4.74. The molecule has 3 nitrogen and oxygen atoms in total. The Labute approximate surface area is 143 Å². The fourth-order valence-corrected chi connectivity index (χ4v) is 3.35. The van der Waals surface area contributed by atoms with Gasteiger partial charge in [-0.1, -0.05) is 49.2 Å². The van der Waals surface area contributed by atoms with Gasteiger partial charge in [0.1, 0.15) is 5.75 Å². The van der Waals surface area contributed by atoms with Crippen LogP contribution in [0.4, 0.5) is 5.69 Å². The van der Waals surface area contributed by atoms with Crippen LogP contribution >= 0.6 is 0 Å². The molecule has 1 saturated carbocycles. The number of hydrogen-bond donors (Lipinski definition) is 1. The van der Waals surface area contributed by atoms with Gasteiger partial charge in [0.25, 0.3) is 0 Å². The molecule has 2 N–H and O–H groups in total. The third kappa shape index (κ3) is 4.38. The molecule has 2 aromatic carbocycles. The van der Waals surface area contributed by atoms with Crippen molar-refractivity contribution in [3.05, 3.63) is 59.7 Å². The number of rotatable bonds is 6. The highest BCUT2D eigenvalue weighted by Gasteiger charge is 2.25. The minimum absolute atomic E-state index is 0.0589. The summed E-state index contributed by atoms with van der Waals surface area (Å²) in [6.45, 7) is 0. The van der Waals surface area contributed by atoms with Crippen LogP contribution in [0.1, 0.15) is 43.2 Å². The molecule has 1 fully saturated rings. The summed E-state index contributed by atoms with van der Waals surface area (Å²) in [5.74, 6) is 0.603. The van der Waals surface area contributed by atoms with Crippen LogP contribution in [0.2, 0.25) is 0 Å². The second kappa shape index (κ2) is 8.00. The Bertz CT molecular complexity index is 675. The molecule has 0 spiro atoms. The minimum Gasteiger partial charge on any atom is -0.426 e. The van der Waals surface area contributed by atoms with Crippen molar-refractivity contribution in [3.63, 3.8) is 0 Å². The summed E-state index contributed by atoms with van der Waals surface area (Å²) in [6.07, 6.45) is 7.06. The zero-order valence-electron chi connectivity index (χ0n) is 14.0. The molecule has 3 rings (SSSR count). The van der Waals surface area contributed by atoms with Gasteiger partial charge >= 0.3 is 5.97 Å². The maximum absolute atomic E-state index is 12.3. The van der Waals surface area contributed by atoms with Crippen LogP contribution in [0, 0.1) is 5.92 Å². The topological polar surface area (TPSA) is 52.3 Å². The SMILES string of the molecule is Nc1ccc(CCCc2ccccc2)c(OC(=O)C2CCCC2)c1. The van der Waals surface area contributed by atoms with Gasteiger partial charge in [-0.3, -0.25) is 4.79 Å². The lowest BCUT2D eigenvalue weighted by atomic mass is 10.0.